The van der Waals surface area contributed by atoms with Gasteiger partial charge in [-0.15, -0.1) is 0 Å². The highest BCUT2D eigenvalue weighted by molar-refractivity contribution is 5.86. The molecule has 1 heterocycles. The summed E-state index contributed by atoms with van der Waals surface area (Å²) >= 11 is 0. The average molecular weight is 451 g/mol. The normalized spacial score (nSPS) is 20.1. The molecule has 3 unspecified atom stereocenters. The number of likely N-dealkylation sites (tertiary alicyclic amines) is 1. The Kier molecular flexibility index (Phi) is 6.67. The molecule has 4 rings (SSSR count). The van der Waals surface area contributed by atoms with E-state index in [1.54, 1.807) is 4.90 Å². The molecule has 0 bridgehead atoms. The number of benzene rings is 2. The molecule has 0 saturated carbocycles. The second kappa shape index (κ2) is 9.65. The molecule has 33 heavy (non-hydrogen) atoms. The second-order valence-electron chi connectivity index (χ2n) is 9.15. The molecule has 2 aromatic rings. The summed E-state index contributed by atoms with van der Waals surface area (Å²) in [5, 5.41) is 11.7. The number of hydrogen-bond donors (Lipinski definition) is 2. The van der Waals surface area contributed by atoms with Gasteiger partial charge in [-0.25, -0.2) is 4.79 Å². The number of carboxylic acids is 1. The number of nitrogens with one attached hydrogen (secondary N) is 1. The first-order valence-electron chi connectivity index (χ1n) is 11.5. The number of carbonyl (C=O) groups is 3. The van der Waals surface area contributed by atoms with Crippen LogP contribution in [0.2, 0.25) is 0 Å². The van der Waals surface area contributed by atoms with E-state index >= 15 is 0 Å². The summed E-state index contributed by atoms with van der Waals surface area (Å²) < 4.78 is 5.56. The van der Waals surface area contributed by atoms with Gasteiger partial charge in [-0.1, -0.05) is 62.4 Å². The molecule has 2 aromatic carbocycles. The van der Waals surface area contributed by atoms with E-state index in [0.29, 0.717) is 24.9 Å². The van der Waals surface area contributed by atoms with Gasteiger partial charge in [0, 0.05) is 25.4 Å². The summed E-state index contributed by atoms with van der Waals surface area (Å²) in [5.41, 5.74) is 4.47. The van der Waals surface area contributed by atoms with Gasteiger partial charge < -0.3 is 20.1 Å². The summed E-state index contributed by atoms with van der Waals surface area (Å²) in [6, 6.07) is 15.2. The molecule has 2 amide bonds. The highest BCUT2D eigenvalue weighted by atomic mass is 16.5. The molecule has 0 spiro atoms. The maximum absolute atomic E-state index is 13.0. The Hall–Kier alpha value is -3.35. The highest BCUT2D eigenvalue weighted by Crippen LogP contribution is 2.44. The number of alkyl carbamates (subject to hydrolysis) is 1. The van der Waals surface area contributed by atoms with Crippen LogP contribution in [0.3, 0.4) is 0 Å². The number of fused-ring (bicyclic) bond motifs is 3. The van der Waals surface area contributed by atoms with Crippen molar-refractivity contribution in [3.8, 4) is 11.1 Å². The predicted molar refractivity (Wildman–Crippen MR) is 124 cm³/mol. The lowest BCUT2D eigenvalue weighted by molar-refractivity contribution is -0.137. The summed E-state index contributed by atoms with van der Waals surface area (Å²) in [6.45, 7) is 5.52. The third kappa shape index (κ3) is 4.87. The Bertz CT molecular complexity index is 997. The van der Waals surface area contributed by atoms with E-state index in [1.807, 2.05) is 36.4 Å². The smallest absolute Gasteiger partial charge is 0.407 e. The summed E-state index contributed by atoms with van der Waals surface area (Å²) in [7, 11) is 0. The maximum atomic E-state index is 13.0. The van der Waals surface area contributed by atoms with Crippen molar-refractivity contribution < 1.29 is 24.2 Å². The minimum Gasteiger partial charge on any atom is -0.481 e. The van der Waals surface area contributed by atoms with Crippen LogP contribution in [0, 0.1) is 11.8 Å². The number of nitrogens with zero attached hydrogens (tertiary/aromatic N) is 1. The molecule has 1 aliphatic carbocycles. The lowest BCUT2D eigenvalue weighted by Gasteiger charge is -2.24. The molecule has 0 aromatic heterocycles. The highest BCUT2D eigenvalue weighted by Gasteiger charge is 2.35. The van der Waals surface area contributed by atoms with Crippen LogP contribution in [0.1, 0.15) is 43.7 Å². The van der Waals surface area contributed by atoms with Crippen molar-refractivity contribution >= 4 is 18.0 Å². The third-order valence-electron chi connectivity index (χ3n) is 6.88. The summed E-state index contributed by atoms with van der Waals surface area (Å²) in [5.74, 6) is -0.616. The number of amides is 2. The predicted octanol–water partition coefficient (Wildman–Crippen LogP) is 3.87. The Labute approximate surface area is 193 Å². The van der Waals surface area contributed by atoms with Gasteiger partial charge in [-0.05, 0) is 40.5 Å². The molecule has 1 fully saturated rings. The van der Waals surface area contributed by atoms with Gasteiger partial charge in [0.15, 0.2) is 0 Å². The standard InChI is InChI=1S/C26H30N2O5/c1-16-13-28(14-17(16)2)25(31)23(11-12-24(29)30)27-26(32)33-15-22-20-9-5-3-7-18(20)19-8-4-6-10-21(19)22/h3-10,16-17,22-23H,11-15H2,1-2H3,(H,27,32)(H,29,30). The van der Waals surface area contributed by atoms with Crippen LogP contribution in [-0.4, -0.2) is 53.7 Å². The van der Waals surface area contributed by atoms with Crippen LogP contribution in [0.25, 0.3) is 11.1 Å². The lowest BCUT2D eigenvalue weighted by Crippen LogP contribution is -2.48. The molecular weight excluding hydrogens is 420 g/mol. The summed E-state index contributed by atoms with van der Waals surface area (Å²) in [6.07, 6.45) is -0.891. The van der Waals surface area contributed by atoms with E-state index in [1.165, 1.54) is 0 Å². The monoisotopic (exact) mass is 450 g/mol. The fourth-order valence-corrected chi connectivity index (χ4v) is 4.84. The maximum Gasteiger partial charge on any atom is 0.407 e. The number of carboxylic acid groups (broad SMARTS) is 1. The van der Waals surface area contributed by atoms with Gasteiger partial charge in [0.1, 0.15) is 12.6 Å². The molecule has 3 atom stereocenters. The molecule has 7 nitrogen and oxygen atoms in total. The van der Waals surface area contributed by atoms with Gasteiger partial charge in [0.25, 0.3) is 0 Å². The minimum absolute atomic E-state index is 0.0254. The van der Waals surface area contributed by atoms with E-state index in [2.05, 4.69) is 31.3 Å². The fraction of sp³-hybridized carbons (Fsp3) is 0.423. The number of ether oxygens (including phenoxy) is 1. The van der Waals surface area contributed by atoms with Crippen LogP contribution in [0.15, 0.2) is 48.5 Å². The van der Waals surface area contributed by atoms with E-state index in [0.717, 1.165) is 22.3 Å². The van der Waals surface area contributed by atoms with E-state index in [-0.39, 0.29) is 31.3 Å². The van der Waals surface area contributed by atoms with Crippen LogP contribution in [-0.2, 0) is 14.3 Å². The van der Waals surface area contributed by atoms with Gasteiger partial charge in [0.05, 0.1) is 0 Å². The Morgan fingerprint density at radius 2 is 1.55 bits per heavy atom. The Balaban J connectivity index is 1.42. The molecule has 1 saturated heterocycles. The first-order valence-corrected chi connectivity index (χ1v) is 11.5. The van der Waals surface area contributed by atoms with Gasteiger partial charge in [0.2, 0.25) is 5.91 Å². The molecule has 2 N–H and O–H groups in total. The number of aliphatic carboxylic acids is 1. The zero-order valence-electron chi connectivity index (χ0n) is 19.0. The van der Waals surface area contributed by atoms with Crippen molar-refractivity contribution in [2.75, 3.05) is 19.7 Å². The van der Waals surface area contributed by atoms with E-state index < -0.39 is 18.1 Å². The first kappa shape index (κ1) is 22.8. The Morgan fingerprint density at radius 3 is 2.09 bits per heavy atom. The van der Waals surface area contributed by atoms with Crippen molar-refractivity contribution in [3.05, 3.63) is 59.7 Å². The summed E-state index contributed by atoms with van der Waals surface area (Å²) in [4.78, 5) is 38.5. The molecular formula is C26H30N2O5. The van der Waals surface area contributed by atoms with Crippen molar-refractivity contribution in [1.82, 2.24) is 10.2 Å². The third-order valence-corrected chi connectivity index (χ3v) is 6.88. The number of hydrogen-bond acceptors (Lipinski definition) is 4. The zero-order valence-corrected chi connectivity index (χ0v) is 19.0. The molecule has 7 heteroatoms. The molecule has 174 valence electrons. The minimum atomic E-state index is -1.01. The second-order valence-corrected chi connectivity index (χ2v) is 9.15. The molecule has 0 radical (unpaired) electrons. The van der Waals surface area contributed by atoms with E-state index in [4.69, 9.17) is 9.84 Å². The van der Waals surface area contributed by atoms with Gasteiger partial charge in [-0.2, -0.15) is 0 Å². The lowest BCUT2D eigenvalue weighted by atomic mass is 9.98. The zero-order chi connectivity index (χ0) is 23.5. The van der Waals surface area contributed by atoms with E-state index in [9.17, 15) is 14.4 Å². The van der Waals surface area contributed by atoms with Crippen molar-refractivity contribution in [2.24, 2.45) is 11.8 Å². The number of carbonyl (C=O) groups excluding carboxylic acids is 2. The van der Waals surface area contributed by atoms with Crippen LogP contribution in [0.4, 0.5) is 4.79 Å². The topological polar surface area (TPSA) is 95.9 Å². The van der Waals surface area contributed by atoms with Crippen molar-refractivity contribution in [3.63, 3.8) is 0 Å². The quantitative estimate of drug-likeness (QED) is 0.668. The van der Waals surface area contributed by atoms with Crippen molar-refractivity contribution in [2.45, 2.75) is 38.6 Å². The fourth-order valence-electron chi connectivity index (χ4n) is 4.84. The molecule has 2 aliphatic rings. The van der Waals surface area contributed by atoms with Gasteiger partial charge in [-0.3, -0.25) is 9.59 Å². The molecule has 1 aliphatic heterocycles. The average Bonchev–Trinajstić information content (AvgIpc) is 3.31. The van der Waals surface area contributed by atoms with Crippen LogP contribution >= 0.6 is 0 Å². The van der Waals surface area contributed by atoms with Crippen LogP contribution in [0.5, 0.6) is 0 Å². The first-order chi connectivity index (χ1) is 15.8. The Morgan fingerprint density at radius 1 is 1.00 bits per heavy atom. The largest absolute Gasteiger partial charge is 0.481 e. The van der Waals surface area contributed by atoms with Crippen LogP contribution < -0.4 is 5.32 Å². The SMILES string of the molecule is CC1CN(C(=O)C(CCC(=O)O)NC(=O)OCC2c3ccccc3-c3ccccc32)CC1C. The van der Waals surface area contributed by atoms with Gasteiger partial charge >= 0.3 is 12.1 Å². The number of rotatable bonds is 7. The van der Waals surface area contributed by atoms with Crippen molar-refractivity contribution in [1.29, 1.82) is 0 Å².